The molecular formula is C9H11BrS. The molecule has 1 rings (SSSR count). The maximum Gasteiger partial charge on any atom is 0.0126 e. The molecule has 11 heavy (non-hydrogen) atoms. The van der Waals surface area contributed by atoms with E-state index in [2.05, 4.69) is 47.1 Å². The fourth-order valence-electron chi connectivity index (χ4n) is 0.867. The zero-order valence-corrected chi connectivity index (χ0v) is 8.91. The van der Waals surface area contributed by atoms with E-state index < -0.39 is 0 Å². The highest BCUT2D eigenvalue weighted by atomic mass is 79.9. The van der Waals surface area contributed by atoms with Gasteiger partial charge in [-0.2, -0.15) is 0 Å². The van der Waals surface area contributed by atoms with Gasteiger partial charge in [-0.05, 0) is 18.6 Å². The fourth-order valence-corrected chi connectivity index (χ4v) is 2.12. The number of hydrogen-bond acceptors (Lipinski definition) is 1. The molecule has 0 saturated heterocycles. The average molecular weight is 231 g/mol. The Morgan fingerprint density at radius 3 is 2.73 bits per heavy atom. The Hall–Kier alpha value is 0.0500. The molecule has 0 radical (unpaired) electrons. The number of aryl methyl sites for hydroxylation is 1. The highest BCUT2D eigenvalue weighted by molar-refractivity contribution is 9.09. The number of thioether (sulfide) groups is 1. The summed E-state index contributed by atoms with van der Waals surface area (Å²) in [6, 6.07) is 8.48. The topological polar surface area (TPSA) is 0 Å². The summed E-state index contributed by atoms with van der Waals surface area (Å²) >= 11 is 5.31. The van der Waals surface area contributed by atoms with Crippen molar-refractivity contribution in [2.75, 3.05) is 11.1 Å². The van der Waals surface area contributed by atoms with Crippen LogP contribution in [-0.4, -0.2) is 11.1 Å². The van der Waals surface area contributed by atoms with Crippen molar-refractivity contribution in [3.8, 4) is 0 Å². The van der Waals surface area contributed by atoms with Gasteiger partial charge in [0.1, 0.15) is 0 Å². The second kappa shape index (κ2) is 4.83. The smallest absolute Gasteiger partial charge is 0.0126 e. The first-order valence-electron chi connectivity index (χ1n) is 3.59. The van der Waals surface area contributed by atoms with Crippen LogP contribution >= 0.6 is 27.7 Å². The summed E-state index contributed by atoms with van der Waals surface area (Å²) in [7, 11) is 0. The summed E-state index contributed by atoms with van der Waals surface area (Å²) in [4.78, 5) is 1.40. The predicted molar refractivity (Wildman–Crippen MR) is 55.7 cm³/mol. The zero-order valence-electron chi connectivity index (χ0n) is 6.51. The number of benzene rings is 1. The van der Waals surface area contributed by atoms with E-state index in [1.807, 2.05) is 11.8 Å². The first-order valence-corrected chi connectivity index (χ1v) is 5.69. The molecule has 1 aromatic rings. The van der Waals surface area contributed by atoms with Crippen LogP contribution in [0.1, 0.15) is 5.56 Å². The Bertz CT molecular complexity index is 223. The lowest BCUT2D eigenvalue weighted by Crippen LogP contribution is -1.81. The van der Waals surface area contributed by atoms with Crippen molar-refractivity contribution < 1.29 is 0 Å². The normalized spacial score (nSPS) is 10.0. The highest BCUT2D eigenvalue weighted by Crippen LogP contribution is 2.21. The van der Waals surface area contributed by atoms with Gasteiger partial charge in [0, 0.05) is 16.0 Å². The molecule has 0 amide bonds. The molecule has 0 N–H and O–H groups in total. The molecule has 0 aliphatic carbocycles. The lowest BCUT2D eigenvalue weighted by molar-refractivity contribution is 1.30. The number of rotatable bonds is 3. The first-order chi connectivity index (χ1) is 5.34. The molecule has 0 nitrogen and oxygen atoms in total. The molecule has 0 unspecified atom stereocenters. The van der Waals surface area contributed by atoms with Gasteiger partial charge in [0.05, 0.1) is 0 Å². The third kappa shape index (κ3) is 2.88. The molecule has 0 spiro atoms. The van der Waals surface area contributed by atoms with Crippen LogP contribution in [0.2, 0.25) is 0 Å². The Balaban J connectivity index is 2.62. The SMILES string of the molecule is Cc1ccccc1SCCBr. The molecule has 1 aromatic carbocycles. The highest BCUT2D eigenvalue weighted by Gasteiger charge is 1.94. The minimum Gasteiger partial charge on any atom is -0.125 e. The van der Waals surface area contributed by atoms with Crippen LogP contribution in [-0.2, 0) is 0 Å². The van der Waals surface area contributed by atoms with Crippen molar-refractivity contribution in [2.45, 2.75) is 11.8 Å². The maximum atomic E-state index is 3.41. The van der Waals surface area contributed by atoms with E-state index in [1.165, 1.54) is 10.5 Å². The van der Waals surface area contributed by atoms with Crippen LogP contribution in [0.25, 0.3) is 0 Å². The van der Waals surface area contributed by atoms with Crippen molar-refractivity contribution in [3.63, 3.8) is 0 Å². The monoisotopic (exact) mass is 230 g/mol. The largest absolute Gasteiger partial charge is 0.125 e. The Kier molecular flexibility index (Phi) is 4.02. The standard InChI is InChI=1S/C9H11BrS/c1-8-4-2-3-5-9(8)11-7-6-10/h2-5H,6-7H2,1H3. The number of halogens is 1. The van der Waals surface area contributed by atoms with Crippen LogP contribution in [0, 0.1) is 6.92 Å². The van der Waals surface area contributed by atoms with E-state index >= 15 is 0 Å². The van der Waals surface area contributed by atoms with Gasteiger partial charge in [0.2, 0.25) is 0 Å². The van der Waals surface area contributed by atoms with Gasteiger partial charge in [-0.1, -0.05) is 34.1 Å². The Labute approximate surface area is 80.5 Å². The summed E-state index contributed by atoms with van der Waals surface area (Å²) in [6.45, 7) is 2.15. The van der Waals surface area contributed by atoms with E-state index in [0.29, 0.717) is 0 Å². The summed E-state index contributed by atoms with van der Waals surface area (Å²) in [5.74, 6) is 1.14. The molecule has 0 fully saturated rings. The summed E-state index contributed by atoms with van der Waals surface area (Å²) in [5, 5.41) is 1.06. The third-order valence-corrected chi connectivity index (χ3v) is 3.53. The molecule has 0 bridgehead atoms. The molecule has 2 heteroatoms. The van der Waals surface area contributed by atoms with Gasteiger partial charge < -0.3 is 0 Å². The summed E-state index contributed by atoms with van der Waals surface area (Å²) < 4.78 is 0. The van der Waals surface area contributed by atoms with Gasteiger partial charge in [0.15, 0.2) is 0 Å². The van der Waals surface area contributed by atoms with Crippen LogP contribution in [0.3, 0.4) is 0 Å². The van der Waals surface area contributed by atoms with Gasteiger partial charge in [0.25, 0.3) is 0 Å². The fraction of sp³-hybridized carbons (Fsp3) is 0.333. The zero-order chi connectivity index (χ0) is 8.10. The van der Waals surface area contributed by atoms with E-state index in [4.69, 9.17) is 0 Å². The predicted octanol–water partition coefficient (Wildman–Crippen LogP) is 3.48. The molecule has 0 aromatic heterocycles. The van der Waals surface area contributed by atoms with Gasteiger partial charge >= 0.3 is 0 Å². The second-order valence-corrected chi connectivity index (χ2v) is 4.23. The molecule has 0 aliphatic rings. The van der Waals surface area contributed by atoms with Crippen LogP contribution in [0.15, 0.2) is 29.2 Å². The van der Waals surface area contributed by atoms with E-state index in [0.717, 1.165) is 11.1 Å². The number of hydrogen-bond donors (Lipinski definition) is 0. The van der Waals surface area contributed by atoms with Gasteiger partial charge in [-0.15, -0.1) is 11.8 Å². The maximum absolute atomic E-state index is 3.41. The summed E-state index contributed by atoms with van der Waals surface area (Å²) in [6.07, 6.45) is 0. The molecule has 0 saturated carbocycles. The number of alkyl halides is 1. The van der Waals surface area contributed by atoms with Crippen molar-refractivity contribution in [2.24, 2.45) is 0 Å². The van der Waals surface area contributed by atoms with Crippen molar-refractivity contribution >= 4 is 27.7 Å². The van der Waals surface area contributed by atoms with Crippen LogP contribution < -0.4 is 0 Å². The lowest BCUT2D eigenvalue weighted by atomic mass is 10.2. The van der Waals surface area contributed by atoms with Crippen molar-refractivity contribution in [1.82, 2.24) is 0 Å². The third-order valence-electron chi connectivity index (χ3n) is 1.43. The van der Waals surface area contributed by atoms with Crippen molar-refractivity contribution in [3.05, 3.63) is 29.8 Å². The summed E-state index contributed by atoms with van der Waals surface area (Å²) in [5.41, 5.74) is 1.37. The van der Waals surface area contributed by atoms with E-state index in [1.54, 1.807) is 0 Å². The van der Waals surface area contributed by atoms with Crippen LogP contribution in [0.4, 0.5) is 0 Å². The van der Waals surface area contributed by atoms with Crippen LogP contribution in [0.5, 0.6) is 0 Å². The van der Waals surface area contributed by atoms with E-state index in [-0.39, 0.29) is 0 Å². The Morgan fingerprint density at radius 2 is 2.09 bits per heavy atom. The Morgan fingerprint density at radius 1 is 1.36 bits per heavy atom. The molecule has 0 atom stereocenters. The first kappa shape index (κ1) is 9.14. The minimum absolute atomic E-state index is 1.06. The van der Waals surface area contributed by atoms with Crippen molar-refractivity contribution in [1.29, 1.82) is 0 Å². The van der Waals surface area contributed by atoms with Gasteiger partial charge in [-0.25, -0.2) is 0 Å². The quantitative estimate of drug-likeness (QED) is 0.566. The second-order valence-electron chi connectivity index (χ2n) is 2.30. The molecular weight excluding hydrogens is 220 g/mol. The lowest BCUT2D eigenvalue weighted by Gasteiger charge is -2.01. The van der Waals surface area contributed by atoms with Gasteiger partial charge in [-0.3, -0.25) is 0 Å². The minimum atomic E-state index is 1.06. The molecule has 0 heterocycles. The molecule has 0 aliphatic heterocycles. The molecule has 60 valence electrons. The average Bonchev–Trinajstić information content (AvgIpc) is 2.03. The van der Waals surface area contributed by atoms with E-state index in [9.17, 15) is 0 Å².